The highest BCUT2D eigenvalue weighted by atomic mass is 16.3. The summed E-state index contributed by atoms with van der Waals surface area (Å²) in [5.41, 5.74) is 2.53. The molecule has 0 bridgehead atoms. The average Bonchev–Trinajstić information content (AvgIpc) is 2.40. The quantitative estimate of drug-likeness (QED) is 0.586. The van der Waals surface area contributed by atoms with Gasteiger partial charge in [0.1, 0.15) is 0 Å². The van der Waals surface area contributed by atoms with Gasteiger partial charge in [0.2, 0.25) is 0 Å². The van der Waals surface area contributed by atoms with Crippen LogP contribution >= 0.6 is 0 Å². The average molecular weight is 262 g/mol. The predicted octanol–water partition coefficient (Wildman–Crippen LogP) is 5.04. The summed E-state index contributed by atoms with van der Waals surface area (Å²) in [6.07, 6.45) is 10.8. The molecule has 108 valence electrons. The summed E-state index contributed by atoms with van der Waals surface area (Å²) >= 11 is 0. The molecule has 1 heteroatoms. The molecule has 1 N–H and O–H groups in total. The highest BCUT2D eigenvalue weighted by Crippen LogP contribution is 2.13. The molecule has 0 amide bonds. The van der Waals surface area contributed by atoms with Gasteiger partial charge in [-0.1, -0.05) is 81.7 Å². The molecule has 19 heavy (non-hydrogen) atoms. The minimum Gasteiger partial charge on any atom is -0.393 e. The van der Waals surface area contributed by atoms with E-state index in [9.17, 15) is 5.11 Å². The van der Waals surface area contributed by atoms with E-state index in [1.165, 1.54) is 56.1 Å². The molecule has 1 rings (SSSR count). The third-order valence-corrected chi connectivity index (χ3v) is 3.73. The lowest BCUT2D eigenvalue weighted by Crippen LogP contribution is -2.10. The van der Waals surface area contributed by atoms with Crippen molar-refractivity contribution in [1.29, 1.82) is 0 Å². The van der Waals surface area contributed by atoms with Crippen molar-refractivity contribution in [2.75, 3.05) is 0 Å². The highest BCUT2D eigenvalue weighted by molar-refractivity contribution is 5.21. The van der Waals surface area contributed by atoms with Gasteiger partial charge in [0.25, 0.3) is 0 Å². The fraction of sp³-hybridized carbons (Fsp3) is 0.667. The zero-order valence-corrected chi connectivity index (χ0v) is 12.7. The maximum Gasteiger partial charge on any atom is 0.0580 e. The molecule has 0 aliphatic carbocycles. The van der Waals surface area contributed by atoms with Gasteiger partial charge in [-0.2, -0.15) is 0 Å². The van der Waals surface area contributed by atoms with Crippen LogP contribution in [0.15, 0.2) is 24.3 Å². The van der Waals surface area contributed by atoms with Gasteiger partial charge in [-0.25, -0.2) is 0 Å². The fourth-order valence-corrected chi connectivity index (χ4v) is 2.44. The number of aliphatic hydroxyl groups is 1. The van der Waals surface area contributed by atoms with E-state index in [4.69, 9.17) is 0 Å². The SMILES string of the molecule is CCCCCCCCCC(O)Cc1ccc(C)cc1. The Morgan fingerprint density at radius 3 is 2.11 bits per heavy atom. The van der Waals surface area contributed by atoms with Crippen LogP contribution in [0.25, 0.3) is 0 Å². The van der Waals surface area contributed by atoms with Gasteiger partial charge >= 0.3 is 0 Å². The molecule has 1 aromatic carbocycles. The molecule has 0 radical (unpaired) electrons. The molecule has 0 aromatic heterocycles. The third-order valence-electron chi connectivity index (χ3n) is 3.73. The summed E-state index contributed by atoms with van der Waals surface area (Å²) in [5.74, 6) is 0. The molecular weight excluding hydrogens is 232 g/mol. The molecule has 0 aliphatic rings. The molecular formula is C18H30O. The summed E-state index contributed by atoms with van der Waals surface area (Å²) in [6.45, 7) is 4.35. The van der Waals surface area contributed by atoms with E-state index in [2.05, 4.69) is 38.1 Å². The van der Waals surface area contributed by atoms with Crippen LogP contribution in [0.4, 0.5) is 0 Å². The second-order valence-corrected chi connectivity index (χ2v) is 5.75. The Hall–Kier alpha value is -0.820. The van der Waals surface area contributed by atoms with Gasteiger partial charge in [0.15, 0.2) is 0 Å². The van der Waals surface area contributed by atoms with Crippen molar-refractivity contribution >= 4 is 0 Å². The van der Waals surface area contributed by atoms with Crippen molar-refractivity contribution in [3.05, 3.63) is 35.4 Å². The van der Waals surface area contributed by atoms with Crippen molar-refractivity contribution in [2.24, 2.45) is 0 Å². The Kier molecular flexibility index (Phi) is 8.57. The molecule has 0 saturated heterocycles. The molecule has 0 spiro atoms. The third kappa shape index (κ3) is 8.05. The molecule has 1 unspecified atom stereocenters. The Labute approximate surface area is 119 Å². The molecule has 1 nitrogen and oxygen atoms in total. The van der Waals surface area contributed by atoms with Gasteiger partial charge in [-0.3, -0.25) is 0 Å². The molecule has 0 aliphatic heterocycles. The van der Waals surface area contributed by atoms with Crippen molar-refractivity contribution in [3.8, 4) is 0 Å². The molecule has 0 heterocycles. The van der Waals surface area contributed by atoms with Gasteiger partial charge in [-0.05, 0) is 25.3 Å². The first-order chi connectivity index (χ1) is 9.22. The number of benzene rings is 1. The van der Waals surface area contributed by atoms with Crippen molar-refractivity contribution in [3.63, 3.8) is 0 Å². The van der Waals surface area contributed by atoms with Gasteiger partial charge < -0.3 is 5.11 Å². The molecule has 1 aromatic rings. The number of aryl methyl sites for hydroxylation is 1. The van der Waals surface area contributed by atoms with E-state index in [1.807, 2.05) is 0 Å². The summed E-state index contributed by atoms with van der Waals surface area (Å²) < 4.78 is 0. The van der Waals surface area contributed by atoms with Crippen LogP contribution in [-0.2, 0) is 6.42 Å². The van der Waals surface area contributed by atoms with Crippen molar-refractivity contribution < 1.29 is 5.11 Å². The number of hydrogen-bond donors (Lipinski definition) is 1. The van der Waals surface area contributed by atoms with Crippen molar-refractivity contribution in [1.82, 2.24) is 0 Å². The lowest BCUT2D eigenvalue weighted by atomic mass is 10.0. The first-order valence-electron chi connectivity index (χ1n) is 7.96. The molecule has 0 saturated carbocycles. The Balaban J connectivity index is 2.04. The van der Waals surface area contributed by atoms with Crippen LogP contribution in [0.2, 0.25) is 0 Å². The Bertz CT molecular complexity index is 315. The van der Waals surface area contributed by atoms with Gasteiger partial charge in [0, 0.05) is 0 Å². The van der Waals surface area contributed by atoms with Crippen LogP contribution in [0, 0.1) is 6.92 Å². The molecule has 1 atom stereocenters. The van der Waals surface area contributed by atoms with Gasteiger partial charge in [0.05, 0.1) is 6.10 Å². The Morgan fingerprint density at radius 1 is 0.895 bits per heavy atom. The maximum atomic E-state index is 10.0. The first kappa shape index (κ1) is 16.2. The smallest absolute Gasteiger partial charge is 0.0580 e. The van der Waals surface area contributed by atoms with E-state index in [-0.39, 0.29) is 6.10 Å². The molecule has 0 fully saturated rings. The van der Waals surface area contributed by atoms with Crippen molar-refractivity contribution in [2.45, 2.75) is 77.7 Å². The second kappa shape index (κ2) is 10.0. The largest absolute Gasteiger partial charge is 0.393 e. The minimum atomic E-state index is -0.168. The van der Waals surface area contributed by atoms with Gasteiger partial charge in [-0.15, -0.1) is 0 Å². The lowest BCUT2D eigenvalue weighted by Gasteiger charge is -2.10. The van der Waals surface area contributed by atoms with Crippen LogP contribution in [0.5, 0.6) is 0 Å². The van der Waals surface area contributed by atoms with E-state index < -0.39 is 0 Å². The summed E-state index contributed by atoms with van der Waals surface area (Å²) in [4.78, 5) is 0. The topological polar surface area (TPSA) is 20.2 Å². The minimum absolute atomic E-state index is 0.168. The van der Waals surface area contributed by atoms with E-state index in [0.717, 1.165) is 12.8 Å². The lowest BCUT2D eigenvalue weighted by molar-refractivity contribution is 0.161. The highest BCUT2D eigenvalue weighted by Gasteiger charge is 2.05. The predicted molar refractivity (Wildman–Crippen MR) is 83.5 cm³/mol. The first-order valence-corrected chi connectivity index (χ1v) is 7.96. The van der Waals surface area contributed by atoms with Crippen LogP contribution < -0.4 is 0 Å². The monoisotopic (exact) mass is 262 g/mol. The Morgan fingerprint density at radius 2 is 1.47 bits per heavy atom. The van der Waals surface area contributed by atoms with Crippen LogP contribution in [0.1, 0.15) is 69.4 Å². The summed E-state index contributed by atoms with van der Waals surface area (Å²) in [5, 5.41) is 10.0. The summed E-state index contributed by atoms with van der Waals surface area (Å²) in [7, 11) is 0. The maximum absolute atomic E-state index is 10.0. The number of unbranched alkanes of at least 4 members (excludes halogenated alkanes) is 6. The number of hydrogen-bond acceptors (Lipinski definition) is 1. The standard InChI is InChI=1S/C18H30O/c1-3-4-5-6-7-8-9-10-18(19)15-17-13-11-16(2)12-14-17/h11-14,18-19H,3-10,15H2,1-2H3. The summed E-state index contributed by atoms with van der Waals surface area (Å²) in [6, 6.07) is 8.50. The van der Waals surface area contributed by atoms with Crippen LogP contribution in [-0.4, -0.2) is 11.2 Å². The van der Waals surface area contributed by atoms with E-state index in [0.29, 0.717) is 0 Å². The van der Waals surface area contributed by atoms with E-state index >= 15 is 0 Å². The zero-order valence-electron chi connectivity index (χ0n) is 12.7. The zero-order chi connectivity index (χ0) is 13.9. The normalized spacial score (nSPS) is 12.6. The fourth-order valence-electron chi connectivity index (χ4n) is 2.44. The number of aliphatic hydroxyl groups excluding tert-OH is 1. The second-order valence-electron chi connectivity index (χ2n) is 5.75. The number of rotatable bonds is 10. The van der Waals surface area contributed by atoms with E-state index in [1.54, 1.807) is 0 Å². The van der Waals surface area contributed by atoms with Crippen LogP contribution in [0.3, 0.4) is 0 Å².